The molecule has 1 aromatic rings. The molecule has 1 aliphatic rings. The van der Waals surface area contributed by atoms with Crippen LogP contribution in [0.2, 0.25) is 0 Å². The van der Waals surface area contributed by atoms with Gasteiger partial charge in [0.05, 0.1) is 5.71 Å². The van der Waals surface area contributed by atoms with Crippen molar-refractivity contribution >= 4 is 18.2 Å². The average Bonchev–Trinajstić information content (AvgIpc) is 2.78. The molecule has 0 saturated carbocycles. The van der Waals surface area contributed by atoms with E-state index in [-0.39, 0.29) is 5.82 Å². The smallest absolute Gasteiger partial charge is 0.127 e. The average molecular weight is 234 g/mol. The van der Waals surface area contributed by atoms with Crippen LogP contribution in [-0.4, -0.2) is 18.2 Å². The number of carbonyl (C=O) groups excluding carboxylic acids is 1. The molecule has 0 radical (unpaired) electrons. The third-order valence-electron chi connectivity index (χ3n) is 2.53. The second-order valence-corrected chi connectivity index (χ2v) is 3.72. The molecule has 0 unspecified atom stereocenters. The fourth-order valence-corrected chi connectivity index (χ4v) is 1.63. The van der Waals surface area contributed by atoms with E-state index in [1.807, 2.05) is 32.8 Å². The first-order valence-electron chi connectivity index (χ1n) is 5.38. The van der Waals surface area contributed by atoms with Gasteiger partial charge < -0.3 is 4.79 Å². The van der Waals surface area contributed by atoms with Gasteiger partial charge in [0.25, 0.3) is 0 Å². The zero-order valence-electron chi connectivity index (χ0n) is 10.0. The van der Waals surface area contributed by atoms with E-state index in [2.05, 4.69) is 10.2 Å². The molecule has 1 aliphatic heterocycles. The number of rotatable bonds is 2. The molecule has 0 bridgehead atoms. The van der Waals surface area contributed by atoms with Crippen LogP contribution < -0.4 is 0 Å². The van der Waals surface area contributed by atoms with E-state index in [1.165, 1.54) is 0 Å². The standard InChI is InChI=1S/C12H13FN2.CH2O/c1-3-9-4-5-10(7-11(9)13)12-6-8(2)14-15-12;1-2/h4-5,7H,3,6H2,1-2H3;1H2. The minimum atomic E-state index is -0.151. The normalized spacial score (nSPS) is 13.6. The number of hydrogen-bond acceptors (Lipinski definition) is 3. The second-order valence-electron chi connectivity index (χ2n) is 3.72. The van der Waals surface area contributed by atoms with E-state index in [0.717, 1.165) is 29.0 Å². The fraction of sp³-hybridized carbons (Fsp3) is 0.308. The summed E-state index contributed by atoms with van der Waals surface area (Å²) in [6.45, 7) is 5.87. The molecule has 0 N–H and O–H groups in total. The molecule has 3 nitrogen and oxygen atoms in total. The van der Waals surface area contributed by atoms with Crippen molar-refractivity contribution < 1.29 is 9.18 Å². The lowest BCUT2D eigenvalue weighted by atomic mass is 10.0. The molecule has 90 valence electrons. The van der Waals surface area contributed by atoms with Gasteiger partial charge in [0.1, 0.15) is 12.6 Å². The molecule has 0 fully saturated rings. The molecule has 0 aromatic heterocycles. The highest BCUT2D eigenvalue weighted by Gasteiger charge is 2.12. The van der Waals surface area contributed by atoms with Gasteiger partial charge in [-0.2, -0.15) is 10.2 Å². The van der Waals surface area contributed by atoms with Crippen LogP contribution in [0.1, 0.15) is 31.4 Å². The van der Waals surface area contributed by atoms with Gasteiger partial charge in [0.15, 0.2) is 0 Å². The molecule has 17 heavy (non-hydrogen) atoms. The number of nitrogens with zero attached hydrogens (tertiary/aromatic N) is 2. The van der Waals surface area contributed by atoms with Crippen LogP contribution in [0.5, 0.6) is 0 Å². The van der Waals surface area contributed by atoms with Crippen molar-refractivity contribution in [2.24, 2.45) is 10.2 Å². The summed E-state index contributed by atoms with van der Waals surface area (Å²) in [4.78, 5) is 8.00. The molecule has 0 spiro atoms. The van der Waals surface area contributed by atoms with E-state index in [0.29, 0.717) is 6.42 Å². The lowest BCUT2D eigenvalue weighted by Gasteiger charge is -2.03. The Balaban J connectivity index is 0.000000686. The fourth-order valence-electron chi connectivity index (χ4n) is 1.63. The minimum Gasteiger partial charge on any atom is -0.307 e. The molecule has 0 saturated heterocycles. The SMILES string of the molecule is C=O.CCc1ccc(C2=NN=C(C)C2)cc1F. The molecule has 4 heteroatoms. The van der Waals surface area contributed by atoms with Crippen LogP contribution >= 0.6 is 0 Å². The maximum absolute atomic E-state index is 13.5. The molecular formula is C13H15FN2O. The van der Waals surface area contributed by atoms with Crippen molar-refractivity contribution in [1.82, 2.24) is 0 Å². The Labute approximate surface area is 100 Å². The van der Waals surface area contributed by atoms with Crippen molar-refractivity contribution in [3.63, 3.8) is 0 Å². The molecule has 2 rings (SSSR count). The Morgan fingerprint density at radius 2 is 2.06 bits per heavy atom. The number of aryl methyl sites for hydroxylation is 1. The first-order valence-corrected chi connectivity index (χ1v) is 5.38. The topological polar surface area (TPSA) is 41.8 Å². The highest BCUT2D eigenvalue weighted by atomic mass is 19.1. The van der Waals surface area contributed by atoms with Gasteiger partial charge in [0, 0.05) is 17.7 Å². The monoisotopic (exact) mass is 234 g/mol. The largest absolute Gasteiger partial charge is 0.307 e. The van der Waals surface area contributed by atoms with E-state index >= 15 is 0 Å². The summed E-state index contributed by atoms with van der Waals surface area (Å²) in [5.41, 5.74) is 3.42. The van der Waals surface area contributed by atoms with Crippen LogP contribution in [0.4, 0.5) is 4.39 Å². The molecule has 0 aliphatic carbocycles. The third kappa shape index (κ3) is 3.06. The van der Waals surface area contributed by atoms with Gasteiger partial charge in [-0.15, -0.1) is 0 Å². The van der Waals surface area contributed by atoms with Crippen LogP contribution in [0, 0.1) is 5.82 Å². The first-order chi connectivity index (χ1) is 8.20. The van der Waals surface area contributed by atoms with Gasteiger partial charge >= 0.3 is 0 Å². The van der Waals surface area contributed by atoms with Crippen LogP contribution in [0.15, 0.2) is 28.4 Å². The summed E-state index contributed by atoms with van der Waals surface area (Å²) < 4.78 is 13.5. The van der Waals surface area contributed by atoms with Gasteiger partial charge in [-0.1, -0.05) is 19.1 Å². The van der Waals surface area contributed by atoms with Crippen molar-refractivity contribution in [2.45, 2.75) is 26.7 Å². The summed E-state index contributed by atoms with van der Waals surface area (Å²) in [6, 6.07) is 5.28. The van der Waals surface area contributed by atoms with Crippen molar-refractivity contribution in [3.8, 4) is 0 Å². The van der Waals surface area contributed by atoms with Gasteiger partial charge in [-0.05, 0) is 25.0 Å². The second kappa shape index (κ2) is 6.03. The lowest BCUT2D eigenvalue weighted by Crippen LogP contribution is -2.02. The Morgan fingerprint density at radius 1 is 1.35 bits per heavy atom. The number of hydrogen-bond donors (Lipinski definition) is 0. The van der Waals surface area contributed by atoms with E-state index in [4.69, 9.17) is 4.79 Å². The number of halogens is 1. The van der Waals surface area contributed by atoms with Crippen molar-refractivity contribution in [3.05, 3.63) is 35.1 Å². The Hall–Kier alpha value is -1.84. The predicted molar refractivity (Wildman–Crippen MR) is 67.2 cm³/mol. The summed E-state index contributed by atoms with van der Waals surface area (Å²) in [6.07, 6.45) is 1.44. The molecule has 0 amide bonds. The molecular weight excluding hydrogens is 219 g/mol. The quantitative estimate of drug-likeness (QED) is 0.775. The maximum Gasteiger partial charge on any atom is 0.127 e. The number of benzene rings is 1. The Morgan fingerprint density at radius 3 is 2.53 bits per heavy atom. The Bertz CT molecular complexity index is 466. The summed E-state index contributed by atoms with van der Waals surface area (Å²) in [7, 11) is 0. The lowest BCUT2D eigenvalue weighted by molar-refractivity contribution is -0.0979. The van der Waals surface area contributed by atoms with Crippen molar-refractivity contribution in [2.75, 3.05) is 0 Å². The summed E-state index contributed by atoms with van der Waals surface area (Å²) in [5, 5.41) is 7.97. The number of carbonyl (C=O) groups is 1. The van der Waals surface area contributed by atoms with E-state index in [1.54, 1.807) is 6.07 Å². The Kier molecular flexibility index (Phi) is 4.69. The van der Waals surface area contributed by atoms with Gasteiger partial charge in [-0.25, -0.2) is 4.39 Å². The predicted octanol–water partition coefficient (Wildman–Crippen LogP) is 2.77. The van der Waals surface area contributed by atoms with Gasteiger partial charge in [-0.3, -0.25) is 0 Å². The zero-order chi connectivity index (χ0) is 12.8. The highest BCUT2D eigenvalue weighted by Crippen LogP contribution is 2.16. The summed E-state index contributed by atoms with van der Waals surface area (Å²) >= 11 is 0. The molecule has 1 aromatic carbocycles. The molecule has 0 atom stereocenters. The van der Waals surface area contributed by atoms with Crippen LogP contribution in [-0.2, 0) is 11.2 Å². The van der Waals surface area contributed by atoms with E-state index in [9.17, 15) is 4.39 Å². The van der Waals surface area contributed by atoms with Crippen molar-refractivity contribution in [1.29, 1.82) is 0 Å². The highest BCUT2D eigenvalue weighted by molar-refractivity contribution is 6.14. The third-order valence-corrected chi connectivity index (χ3v) is 2.53. The summed E-state index contributed by atoms with van der Waals surface area (Å²) in [5.74, 6) is -0.151. The maximum atomic E-state index is 13.5. The van der Waals surface area contributed by atoms with Crippen LogP contribution in [0.25, 0.3) is 0 Å². The van der Waals surface area contributed by atoms with Crippen LogP contribution in [0.3, 0.4) is 0 Å². The van der Waals surface area contributed by atoms with Gasteiger partial charge in [0.2, 0.25) is 0 Å². The first kappa shape index (κ1) is 13.2. The zero-order valence-corrected chi connectivity index (χ0v) is 10.0. The minimum absolute atomic E-state index is 0.151. The van der Waals surface area contributed by atoms with E-state index < -0.39 is 0 Å². The molecule has 1 heterocycles.